The Hall–Kier alpha value is -5.57. The van der Waals surface area contributed by atoms with Crippen molar-refractivity contribution >= 4 is 30.0 Å². The van der Waals surface area contributed by atoms with Crippen molar-refractivity contribution < 1.29 is 66.6 Å². The minimum atomic E-state index is -0.923. The zero-order valence-corrected chi connectivity index (χ0v) is 27.0. The summed E-state index contributed by atoms with van der Waals surface area (Å²) < 4.78 is 47.9. The molecule has 0 saturated carbocycles. The van der Waals surface area contributed by atoms with E-state index < -0.39 is 42.2 Å². The second-order valence-electron chi connectivity index (χ2n) is 10.9. The quantitative estimate of drug-likeness (QED) is 0.0579. The van der Waals surface area contributed by atoms with Gasteiger partial charge in [0, 0.05) is 13.2 Å². The molecule has 0 bridgehead atoms. The first-order valence-corrected chi connectivity index (χ1v) is 15.6. The van der Waals surface area contributed by atoms with Gasteiger partial charge in [0.05, 0.1) is 43.1 Å². The molecule has 0 N–H and O–H groups in total. The van der Waals surface area contributed by atoms with Crippen molar-refractivity contribution in [3.05, 3.63) is 102 Å². The first-order valence-electron chi connectivity index (χ1n) is 15.6. The van der Waals surface area contributed by atoms with Crippen LogP contribution in [0.2, 0.25) is 0 Å². The van der Waals surface area contributed by atoms with Crippen molar-refractivity contribution in [2.75, 3.05) is 33.5 Å². The highest BCUT2D eigenvalue weighted by atomic mass is 16.7. The van der Waals surface area contributed by atoms with E-state index in [0.29, 0.717) is 19.4 Å². The van der Waals surface area contributed by atoms with Crippen LogP contribution in [0.5, 0.6) is 17.2 Å². The number of rotatable bonds is 14. The summed E-state index contributed by atoms with van der Waals surface area (Å²) in [4.78, 5) is 60.8. The maximum absolute atomic E-state index is 12.7. The molecule has 2 unspecified atom stereocenters. The maximum Gasteiger partial charge on any atom is 0.513 e. The molecule has 2 heterocycles. The van der Waals surface area contributed by atoms with Gasteiger partial charge in [0.15, 0.2) is 6.10 Å². The van der Waals surface area contributed by atoms with Crippen molar-refractivity contribution in [3.8, 4) is 17.2 Å². The molecule has 2 saturated heterocycles. The van der Waals surface area contributed by atoms with Gasteiger partial charge in [-0.05, 0) is 85.6 Å². The van der Waals surface area contributed by atoms with E-state index in [2.05, 4.69) is 6.58 Å². The molecule has 14 nitrogen and oxygen atoms in total. The minimum absolute atomic E-state index is 0.0712. The maximum atomic E-state index is 12.7. The highest BCUT2D eigenvalue weighted by Gasteiger charge is 2.49. The number of ether oxygens (including phenoxy) is 9. The molecule has 0 spiro atoms. The third-order valence-corrected chi connectivity index (χ3v) is 7.59. The van der Waals surface area contributed by atoms with Crippen LogP contribution in [0.3, 0.4) is 0 Å². The Bertz CT molecular complexity index is 1670. The smallest absolute Gasteiger partial charge is 0.463 e. The predicted octanol–water partition coefficient (Wildman–Crippen LogP) is 4.49. The van der Waals surface area contributed by atoms with E-state index in [4.69, 9.17) is 42.6 Å². The number of benzene rings is 3. The predicted molar refractivity (Wildman–Crippen MR) is 171 cm³/mol. The topological polar surface area (TPSA) is 168 Å². The zero-order valence-electron chi connectivity index (χ0n) is 27.0. The monoisotopic (exact) mass is 690 g/mol. The number of esters is 4. The van der Waals surface area contributed by atoms with Crippen LogP contribution >= 0.6 is 0 Å². The first kappa shape index (κ1) is 35.7. The SMILES string of the molecule is C=CC(=O)OCCCCOC(=O)Oc1ccc(C(=O)Oc2ccc(C(=O)Oc3ccc(C(=O)O[C@H]4COC5C4OC[C@H]5OC)cc3)cc2)cc1. The molecule has 2 aliphatic rings. The molecular weight excluding hydrogens is 656 g/mol. The van der Waals surface area contributed by atoms with Crippen molar-refractivity contribution in [1.82, 2.24) is 0 Å². The molecule has 262 valence electrons. The van der Waals surface area contributed by atoms with Crippen molar-refractivity contribution in [2.45, 2.75) is 37.3 Å². The number of methoxy groups -OCH3 is 1. The fraction of sp³-hybridized carbons (Fsp3) is 0.306. The average Bonchev–Trinajstić information content (AvgIpc) is 3.73. The van der Waals surface area contributed by atoms with Gasteiger partial charge in [-0.1, -0.05) is 6.58 Å². The molecule has 3 aromatic carbocycles. The van der Waals surface area contributed by atoms with Gasteiger partial charge < -0.3 is 42.6 Å². The van der Waals surface area contributed by atoms with E-state index in [9.17, 15) is 24.0 Å². The van der Waals surface area contributed by atoms with Crippen LogP contribution in [0.1, 0.15) is 43.9 Å². The van der Waals surface area contributed by atoms with Gasteiger partial charge in [-0.3, -0.25) is 0 Å². The highest BCUT2D eigenvalue weighted by molar-refractivity contribution is 5.93. The number of fused-ring (bicyclic) bond motifs is 1. The summed E-state index contributed by atoms with van der Waals surface area (Å²) >= 11 is 0. The first-order chi connectivity index (χ1) is 24.2. The number of unbranched alkanes of at least 4 members (excludes halogenated alkanes) is 1. The third-order valence-electron chi connectivity index (χ3n) is 7.59. The van der Waals surface area contributed by atoms with Crippen molar-refractivity contribution in [2.24, 2.45) is 0 Å². The van der Waals surface area contributed by atoms with Gasteiger partial charge in [0.2, 0.25) is 0 Å². The van der Waals surface area contributed by atoms with Gasteiger partial charge >= 0.3 is 30.0 Å². The Morgan fingerprint density at radius 1 is 0.640 bits per heavy atom. The Morgan fingerprint density at radius 3 is 1.58 bits per heavy atom. The summed E-state index contributed by atoms with van der Waals surface area (Å²) in [7, 11) is 1.58. The van der Waals surface area contributed by atoms with Gasteiger partial charge in [-0.15, -0.1) is 0 Å². The number of carbonyl (C=O) groups is 5. The van der Waals surface area contributed by atoms with E-state index in [1.807, 2.05) is 0 Å². The van der Waals surface area contributed by atoms with E-state index >= 15 is 0 Å². The van der Waals surface area contributed by atoms with E-state index in [1.54, 1.807) is 7.11 Å². The van der Waals surface area contributed by atoms with E-state index in [-0.39, 0.29) is 66.0 Å². The van der Waals surface area contributed by atoms with Crippen LogP contribution in [0.25, 0.3) is 0 Å². The van der Waals surface area contributed by atoms with Crippen molar-refractivity contribution in [1.29, 1.82) is 0 Å². The van der Waals surface area contributed by atoms with Crippen LogP contribution in [0.15, 0.2) is 85.5 Å². The molecule has 0 aliphatic carbocycles. The molecule has 3 aromatic rings. The lowest BCUT2D eigenvalue weighted by molar-refractivity contribution is -0.137. The molecule has 50 heavy (non-hydrogen) atoms. The van der Waals surface area contributed by atoms with Crippen LogP contribution in [-0.2, 0) is 33.2 Å². The summed E-state index contributed by atoms with van der Waals surface area (Å²) in [6.07, 6.45) is -0.337. The molecular formula is C36H34O14. The normalized spacial score (nSPS) is 19.1. The summed E-state index contributed by atoms with van der Waals surface area (Å²) in [5, 5.41) is 0. The largest absolute Gasteiger partial charge is 0.513 e. The fourth-order valence-corrected chi connectivity index (χ4v) is 4.96. The molecule has 0 aromatic heterocycles. The van der Waals surface area contributed by atoms with Crippen LogP contribution in [0.4, 0.5) is 4.79 Å². The van der Waals surface area contributed by atoms with Gasteiger partial charge in [0.25, 0.3) is 0 Å². The van der Waals surface area contributed by atoms with Crippen LogP contribution in [-0.4, -0.2) is 88.0 Å². The molecule has 14 heteroatoms. The summed E-state index contributed by atoms with van der Waals surface area (Å²) in [5.74, 6) is -1.89. The lowest BCUT2D eigenvalue weighted by Gasteiger charge is -2.16. The standard InChI is InChI=1S/C36H34O14/c1-3-30(37)43-18-4-5-19-44-36(41)49-27-16-10-23(11-17-27)34(39)47-25-12-6-22(7-13-25)33(38)48-26-14-8-24(9-15-26)35(40)50-29-21-46-31-28(42-2)20-45-32(29)31/h3,6-17,28-29,31-32H,1,4-5,18-21H2,2H3/t28-,29+,31?,32?/m1/s1. The molecule has 2 aliphatic heterocycles. The Balaban J connectivity index is 1.03. The summed E-state index contributed by atoms with van der Waals surface area (Å²) in [6.45, 7) is 4.12. The summed E-state index contributed by atoms with van der Waals surface area (Å²) in [6, 6.07) is 17.3. The Kier molecular flexibility index (Phi) is 12.3. The average molecular weight is 691 g/mol. The number of carbonyl (C=O) groups excluding carboxylic acids is 5. The van der Waals surface area contributed by atoms with Crippen molar-refractivity contribution in [3.63, 3.8) is 0 Å². The molecule has 0 radical (unpaired) electrons. The third kappa shape index (κ3) is 9.53. The van der Waals surface area contributed by atoms with Gasteiger partial charge in [-0.2, -0.15) is 0 Å². The molecule has 4 atom stereocenters. The Morgan fingerprint density at radius 2 is 1.08 bits per heavy atom. The highest BCUT2D eigenvalue weighted by Crippen LogP contribution is 2.31. The number of hydrogen-bond donors (Lipinski definition) is 0. The lowest BCUT2D eigenvalue weighted by Crippen LogP contribution is -2.34. The lowest BCUT2D eigenvalue weighted by atomic mass is 10.1. The minimum Gasteiger partial charge on any atom is -0.463 e. The molecule has 2 fully saturated rings. The second kappa shape index (κ2) is 17.2. The molecule has 5 rings (SSSR count). The van der Waals surface area contributed by atoms with E-state index in [1.165, 1.54) is 72.8 Å². The zero-order chi connectivity index (χ0) is 35.5. The van der Waals surface area contributed by atoms with Gasteiger partial charge in [-0.25, -0.2) is 24.0 Å². The Labute approximate surface area is 286 Å². The van der Waals surface area contributed by atoms with Gasteiger partial charge in [0.1, 0.15) is 35.6 Å². The van der Waals surface area contributed by atoms with Crippen LogP contribution in [0, 0.1) is 0 Å². The number of hydrogen-bond acceptors (Lipinski definition) is 14. The van der Waals surface area contributed by atoms with Crippen LogP contribution < -0.4 is 14.2 Å². The fourth-order valence-electron chi connectivity index (χ4n) is 4.96. The molecule has 0 amide bonds. The summed E-state index contributed by atoms with van der Waals surface area (Å²) in [5.41, 5.74) is 0.641. The second-order valence-corrected chi connectivity index (χ2v) is 10.9. The van der Waals surface area contributed by atoms with E-state index in [0.717, 1.165) is 6.08 Å².